The summed E-state index contributed by atoms with van der Waals surface area (Å²) < 4.78 is 5.06. The lowest BCUT2D eigenvalue weighted by Crippen LogP contribution is -2.44. The number of aliphatic hydroxyl groups is 1. The van der Waals surface area contributed by atoms with Crippen molar-refractivity contribution in [2.24, 2.45) is 0 Å². The molecule has 2 amide bonds. The van der Waals surface area contributed by atoms with Crippen LogP contribution in [-0.2, 0) is 12.3 Å². The number of benzene rings is 2. The summed E-state index contributed by atoms with van der Waals surface area (Å²) in [7, 11) is 1.45. The Balaban J connectivity index is 1.61. The van der Waals surface area contributed by atoms with Crippen LogP contribution in [0, 0.1) is 0 Å². The summed E-state index contributed by atoms with van der Waals surface area (Å²) in [4.78, 5) is 37.5. The van der Waals surface area contributed by atoms with Crippen molar-refractivity contribution in [3.63, 3.8) is 0 Å². The molecule has 3 N–H and O–H groups in total. The number of hydrogen-bond donors (Lipinski definition) is 3. The molecule has 0 aliphatic carbocycles. The van der Waals surface area contributed by atoms with Gasteiger partial charge in [0.1, 0.15) is 0 Å². The van der Waals surface area contributed by atoms with Crippen LogP contribution in [0.25, 0.3) is 11.0 Å². The minimum absolute atomic E-state index is 0.0265. The average Bonchev–Trinajstić information content (AvgIpc) is 3.32. The molecule has 0 radical (unpaired) electrons. The number of rotatable bonds is 4. The zero-order valence-corrected chi connectivity index (χ0v) is 17.1. The van der Waals surface area contributed by atoms with Gasteiger partial charge in [0, 0.05) is 36.1 Å². The third-order valence-electron chi connectivity index (χ3n) is 5.49. The van der Waals surface area contributed by atoms with Crippen LogP contribution in [0.1, 0.15) is 27.0 Å². The van der Waals surface area contributed by atoms with Crippen molar-refractivity contribution in [1.29, 1.82) is 0 Å². The summed E-state index contributed by atoms with van der Waals surface area (Å²) in [5.74, 6) is -0.278. The molecule has 0 fully saturated rings. The van der Waals surface area contributed by atoms with Crippen molar-refractivity contribution in [3.05, 3.63) is 89.2 Å². The zero-order chi connectivity index (χ0) is 22.3. The van der Waals surface area contributed by atoms with Gasteiger partial charge in [0.25, 0.3) is 5.91 Å². The molecule has 0 saturated heterocycles. The van der Waals surface area contributed by atoms with E-state index in [-0.39, 0.29) is 18.5 Å². The number of nitrogens with zero attached hydrogens (tertiary/aromatic N) is 3. The van der Waals surface area contributed by atoms with E-state index in [0.29, 0.717) is 27.7 Å². The molecule has 2 aromatic heterocycles. The molecular weight excluding hydrogens is 410 g/mol. The van der Waals surface area contributed by atoms with Crippen LogP contribution < -0.4 is 10.1 Å². The lowest BCUT2D eigenvalue weighted by atomic mass is 9.93. The quantitative estimate of drug-likeness (QED) is 0.459. The maximum Gasteiger partial charge on any atom is 0.414 e. The van der Waals surface area contributed by atoms with Crippen LogP contribution in [0.15, 0.2) is 67.0 Å². The molecule has 1 unspecified atom stereocenters. The third-order valence-corrected chi connectivity index (χ3v) is 5.49. The number of carbonyl (C=O) groups is 2. The summed E-state index contributed by atoms with van der Waals surface area (Å²) >= 11 is 0. The van der Waals surface area contributed by atoms with Crippen LogP contribution in [-0.4, -0.2) is 44.0 Å². The van der Waals surface area contributed by atoms with E-state index >= 15 is 0 Å². The number of H-pyrrole nitrogens is 1. The van der Waals surface area contributed by atoms with E-state index in [4.69, 9.17) is 4.74 Å². The van der Waals surface area contributed by atoms with Gasteiger partial charge in [0.2, 0.25) is 0 Å². The molecule has 4 aromatic rings. The van der Waals surface area contributed by atoms with E-state index in [9.17, 15) is 14.7 Å². The van der Waals surface area contributed by atoms with E-state index in [2.05, 4.69) is 20.3 Å². The lowest BCUT2D eigenvalue weighted by molar-refractivity contribution is -0.0542. The molecule has 2 aromatic carbocycles. The highest BCUT2D eigenvalue weighted by Gasteiger charge is 2.49. The van der Waals surface area contributed by atoms with Gasteiger partial charge in [-0.25, -0.2) is 4.79 Å². The number of nitrogens with one attached hydrogen (secondary N) is 2. The van der Waals surface area contributed by atoms with E-state index in [1.807, 2.05) is 6.07 Å². The second kappa shape index (κ2) is 7.47. The zero-order valence-electron chi connectivity index (χ0n) is 17.1. The SMILES string of the molecule is CNC(=O)Oc1nc2ccc(C3(O)c4ccccc4C(=O)N3Cc3cccnc3)cc2[nH]1. The minimum atomic E-state index is -1.70. The van der Waals surface area contributed by atoms with Gasteiger partial charge in [-0.15, -0.1) is 0 Å². The first kappa shape index (κ1) is 19.7. The summed E-state index contributed by atoms with van der Waals surface area (Å²) in [5, 5.41) is 14.4. The molecule has 5 rings (SSSR count). The van der Waals surface area contributed by atoms with Crippen molar-refractivity contribution in [2.45, 2.75) is 12.3 Å². The number of aromatic nitrogens is 3. The summed E-state index contributed by atoms with van der Waals surface area (Å²) in [5.41, 5.74) is 1.59. The molecule has 160 valence electrons. The molecule has 1 atom stereocenters. The van der Waals surface area contributed by atoms with Gasteiger partial charge in [0.15, 0.2) is 5.72 Å². The lowest BCUT2D eigenvalue weighted by Gasteiger charge is -2.35. The van der Waals surface area contributed by atoms with E-state index in [1.165, 1.54) is 11.9 Å². The van der Waals surface area contributed by atoms with Crippen molar-refractivity contribution in [2.75, 3.05) is 7.05 Å². The smallest absolute Gasteiger partial charge is 0.375 e. The highest BCUT2D eigenvalue weighted by Crippen LogP contribution is 2.43. The third kappa shape index (κ3) is 3.07. The van der Waals surface area contributed by atoms with Gasteiger partial charge < -0.3 is 20.1 Å². The van der Waals surface area contributed by atoms with Gasteiger partial charge in [-0.2, -0.15) is 4.98 Å². The Morgan fingerprint density at radius 2 is 2.06 bits per heavy atom. The van der Waals surface area contributed by atoms with Crippen LogP contribution in [0.3, 0.4) is 0 Å². The van der Waals surface area contributed by atoms with E-state index in [0.717, 1.165) is 5.56 Å². The Morgan fingerprint density at radius 3 is 2.84 bits per heavy atom. The molecular formula is C23H19N5O4. The van der Waals surface area contributed by atoms with Crippen molar-refractivity contribution in [3.8, 4) is 6.01 Å². The Labute approximate surface area is 182 Å². The number of ether oxygens (including phenoxy) is 1. The first-order valence-corrected chi connectivity index (χ1v) is 9.93. The molecule has 9 heteroatoms. The molecule has 9 nitrogen and oxygen atoms in total. The number of aromatic amines is 1. The maximum absolute atomic E-state index is 13.3. The van der Waals surface area contributed by atoms with Crippen molar-refractivity contribution < 1.29 is 19.4 Å². The van der Waals surface area contributed by atoms with Crippen molar-refractivity contribution in [1.82, 2.24) is 25.2 Å². The highest BCUT2D eigenvalue weighted by atomic mass is 16.6. The van der Waals surface area contributed by atoms with Gasteiger partial charge in [-0.3, -0.25) is 14.7 Å². The fourth-order valence-electron chi connectivity index (χ4n) is 3.97. The minimum Gasteiger partial charge on any atom is -0.375 e. The van der Waals surface area contributed by atoms with Crippen LogP contribution in [0.4, 0.5) is 4.79 Å². The molecule has 3 heterocycles. The number of amides is 2. The molecule has 1 aliphatic heterocycles. The molecule has 0 saturated carbocycles. The normalized spacial score (nSPS) is 17.4. The number of hydrogen-bond acceptors (Lipinski definition) is 6. The molecule has 1 aliphatic rings. The summed E-state index contributed by atoms with van der Waals surface area (Å²) in [6.45, 7) is 0.171. The summed E-state index contributed by atoms with van der Waals surface area (Å²) in [6, 6.07) is 15.8. The van der Waals surface area contributed by atoms with Crippen LogP contribution in [0.5, 0.6) is 6.01 Å². The Morgan fingerprint density at radius 1 is 1.22 bits per heavy atom. The Bertz CT molecular complexity index is 1340. The van der Waals surface area contributed by atoms with Crippen LogP contribution in [0.2, 0.25) is 0 Å². The van der Waals surface area contributed by atoms with Gasteiger partial charge in [0.05, 0.1) is 17.6 Å². The molecule has 0 spiro atoms. The maximum atomic E-state index is 13.3. The standard InChI is InChI=1S/C23H19N5O4/c1-24-22(30)32-21-26-18-9-8-15(11-19(18)27-21)23(31)17-7-3-2-6-16(17)20(29)28(23)13-14-5-4-10-25-12-14/h2-12,31H,13H2,1H3,(H,24,30)(H,26,27). The first-order chi connectivity index (χ1) is 15.5. The van der Waals surface area contributed by atoms with E-state index in [1.54, 1.807) is 60.9 Å². The largest absolute Gasteiger partial charge is 0.414 e. The van der Waals surface area contributed by atoms with Gasteiger partial charge in [-0.05, 0) is 29.8 Å². The van der Waals surface area contributed by atoms with Gasteiger partial charge in [-0.1, -0.05) is 30.3 Å². The first-order valence-electron chi connectivity index (χ1n) is 9.93. The summed E-state index contributed by atoms with van der Waals surface area (Å²) in [6.07, 6.45) is 2.67. The fraction of sp³-hybridized carbons (Fsp3) is 0.130. The topological polar surface area (TPSA) is 120 Å². The second-order valence-electron chi connectivity index (χ2n) is 7.38. The number of carbonyl (C=O) groups excluding carboxylic acids is 2. The number of imidazole rings is 1. The number of fused-ring (bicyclic) bond motifs is 2. The molecule has 0 bridgehead atoms. The Hall–Kier alpha value is -4.24. The Kier molecular flexibility index (Phi) is 4.60. The second-order valence-corrected chi connectivity index (χ2v) is 7.38. The highest BCUT2D eigenvalue weighted by molar-refractivity contribution is 6.00. The van der Waals surface area contributed by atoms with Gasteiger partial charge >= 0.3 is 12.1 Å². The fourth-order valence-corrected chi connectivity index (χ4v) is 3.97. The predicted molar refractivity (Wildman–Crippen MR) is 115 cm³/mol. The van der Waals surface area contributed by atoms with Crippen LogP contribution >= 0.6 is 0 Å². The average molecular weight is 429 g/mol. The number of pyridine rings is 1. The predicted octanol–water partition coefficient (Wildman–Crippen LogP) is 2.53. The monoisotopic (exact) mass is 429 g/mol. The molecule has 32 heavy (non-hydrogen) atoms. The van der Waals surface area contributed by atoms with Crippen molar-refractivity contribution >= 4 is 23.0 Å². The van der Waals surface area contributed by atoms with E-state index < -0.39 is 11.8 Å².